The fourth-order valence-electron chi connectivity index (χ4n) is 3.65. The van der Waals surface area contributed by atoms with E-state index >= 15 is 0 Å². The molecule has 0 aromatic heterocycles. The van der Waals surface area contributed by atoms with Gasteiger partial charge in [-0.3, -0.25) is 9.59 Å². The van der Waals surface area contributed by atoms with E-state index in [2.05, 4.69) is 10.1 Å². The van der Waals surface area contributed by atoms with Gasteiger partial charge in [-0.1, -0.05) is 48.3 Å². The SMILES string of the molecule is COC(=O)CC(CC(C)(F)F)c1ccc(Cl)c(NC(=O)[C@H](c2ccc(Cl)cc2)[C@@H](C)C(F)(F)F)c1. The Balaban J connectivity index is 2.43. The molecule has 0 heterocycles. The summed E-state index contributed by atoms with van der Waals surface area (Å²) < 4.78 is 72.8. The number of hydrogen-bond acceptors (Lipinski definition) is 3. The number of ether oxygens (including phenoxy) is 1. The standard InChI is InChI=1S/C24H24Cl2F5NO3/c1-13(24(29,30)31)21(14-4-7-17(25)8-5-14)22(34)32-19-10-15(6-9-18(19)26)16(11-20(33)35-3)12-23(2,27)28/h4-10,13,16,21H,11-12H2,1-3H3,(H,32,34)/t13-,16?,21+/m1/s1. The topological polar surface area (TPSA) is 55.4 Å². The van der Waals surface area contributed by atoms with Crippen LogP contribution < -0.4 is 5.32 Å². The highest BCUT2D eigenvalue weighted by molar-refractivity contribution is 6.33. The lowest BCUT2D eigenvalue weighted by Gasteiger charge is -2.26. The van der Waals surface area contributed by atoms with Crippen molar-refractivity contribution in [1.82, 2.24) is 0 Å². The van der Waals surface area contributed by atoms with Gasteiger partial charge in [-0.2, -0.15) is 13.2 Å². The van der Waals surface area contributed by atoms with E-state index in [1.165, 1.54) is 42.5 Å². The molecule has 0 spiro atoms. The van der Waals surface area contributed by atoms with Crippen molar-refractivity contribution in [2.45, 2.75) is 50.6 Å². The van der Waals surface area contributed by atoms with Gasteiger partial charge in [-0.25, -0.2) is 8.78 Å². The smallest absolute Gasteiger partial charge is 0.392 e. The number of amides is 1. The van der Waals surface area contributed by atoms with Gasteiger partial charge >= 0.3 is 12.1 Å². The second kappa shape index (κ2) is 11.6. The normalized spacial score (nSPS) is 14.7. The molecule has 0 bridgehead atoms. The summed E-state index contributed by atoms with van der Waals surface area (Å²) in [6, 6.07) is 9.38. The maximum absolute atomic E-state index is 13.8. The third-order valence-corrected chi connectivity index (χ3v) is 6.07. The summed E-state index contributed by atoms with van der Waals surface area (Å²) in [6.07, 6.45) is -5.76. The average molecular weight is 540 g/mol. The second-order valence-electron chi connectivity index (χ2n) is 8.34. The predicted octanol–water partition coefficient (Wildman–Crippen LogP) is 7.61. The molecule has 0 saturated carbocycles. The minimum Gasteiger partial charge on any atom is -0.469 e. The Hall–Kier alpha value is -2.39. The van der Waals surface area contributed by atoms with E-state index in [1.807, 2.05) is 0 Å². The first-order valence-corrected chi connectivity index (χ1v) is 11.2. The molecule has 2 aromatic rings. The van der Waals surface area contributed by atoms with Crippen LogP contribution in [-0.4, -0.2) is 31.1 Å². The van der Waals surface area contributed by atoms with Crippen LogP contribution in [0.5, 0.6) is 0 Å². The van der Waals surface area contributed by atoms with Gasteiger partial charge in [-0.05, 0) is 42.3 Å². The number of rotatable bonds is 9. The van der Waals surface area contributed by atoms with Crippen LogP contribution in [0.1, 0.15) is 49.7 Å². The highest BCUT2D eigenvalue weighted by Crippen LogP contribution is 2.40. The molecule has 0 saturated heterocycles. The fraction of sp³-hybridized carbons (Fsp3) is 0.417. The highest BCUT2D eigenvalue weighted by Gasteiger charge is 2.45. The monoisotopic (exact) mass is 539 g/mol. The molecule has 0 aliphatic carbocycles. The molecule has 3 atom stereocenters. The van der Waals surface area contributed by atoms with E-state index in [1.54, 1.807) is 0 Å². The molecule has 1 unspecified atom stereocenters. The maximum atomic E-state index is 13.8. The van der Waals surface area contributed by atoms with Crippen molar-refractivity contribution < 1.29 is 36.3 Å². The molecule has 1 N–H and O–H groups in total. The Labute approximate surface area is 209 Å². The summed E-state index contributed by atoms with van der Waals surface area (Å²) in [5.41, 5.74) is 0.249. The third-order valence-electron chi connectivity index (χ3n) is 5.49. The Morgan fingerprint density at radius 2 is 1.57 bits per heavy atom. The van der Waals surface area contributed by atoms with E-state index in [-0.39, 0.29) is 33.3 Å². The van der Waals surface area contributed by atoms with Crippen LogP contribution >= 0.6 is 23.2 Å². The molecule has 2 aromatic carbocycles. The van der Waals surface area contributed by atoms with Crippen LogP contribution in [0, 0.1) is 5.92 Å². The zero-order chi connectivity index (χ0) is 26.6. The van der Waals surface area contributed by atoms with Crippen LogP contribution in [0.4, 0.5) is 27.6 Å². The molecule has 0 aliphatic rings. The predicted molar refractivity (Wildman–Crippen MR) is 124 cm³/mol. The van der Waals surface area contributed by atoms with Gasteiger partial charge in [0, 0.05) is 17.4 Å². The minimum atomic E-state index is -4.69. The number of nitrogens with one attached hydrogen (secondary N) is 1. The van der Waals surface area contributed by atoms with E-state index in [4.69, 9.17) is 23.2 Å². The molecule has 0 fully saturated rings. The van der Waals surface area contributed by atoms with Gasteiger partial charge < -0.3 is 10.1 Å². The Bertz CT molecular complexity index is 1040. The van der Waals surface area contributed by atoms with E-state index in [0.717, 1.165) is 14.0 Å². The van der Waals surface area contributed by atoms with Crippen molar-refractivity contribution in [1.29, 1.82) is 0 Å². The first kappa shape index (κ1) is 28.8. The minimum absolute atomic E-state index is 0.0169. The largest absolute Gasteiger partial charge is 0.469 e. The number of hydrogen-bond donors (Lipinski definition) is 1. The molecule has 35 heavy (non-hydrogen) atoms. The van der Waals surface area contributed by atoms with Gasteiger partial charge in [-0.15, -0.1) is 0 Å². The van der Waals surface area contributed by atoms with Gasteiger partial charge in [0.05, 0.1) is 36.1 Å². The number of benzene rings is 2. The maximum Gasteiger partial charge on any atom is 0.392 e. The fourth-order valence-corrected chi connectivity index (χ4v) is 3.95. The van der Waals surface area contributed by atoms with Crippen molar-refractivity contribution in [3.63, 3.8) is 0 Å². The third kappa shape index (κ3) is 8.35. The first-order chi connectivity index (χ1) is 16.1. The lowest BCUT2D eigenvalue weighted by molar-refractivity contribution is -0.178. The summed E-state index contributed by atoms with van der Waals surface area (Å²) in [5, 5.41) is 2.66. The summed E-state index contributed by atoms with van der Waals surface area (Å²) >= 11 is 12.0. The molecular formula is C24H24Cl2F5NO3. The van der Waals surface area contributed by atoms with E-state index in [0.29, 0.717) is 6.92 Å². The van der Waals surface area contributed by atoms with Crippen LogP contribution in [0.2, 0.25) is 10.0 Å². The zero-order valence-corrected chi connectivity index (χ0v) is 20.6. The number of carbonyl (C=O) groups is 2. The number of anilines is 1. The lowest BCUT2D eigenvalue weighted by Crippen LogP contribution is -2.34. The first-order valence-electron chi connectivity index (χ1n) is 10.5. The van der Waals surface area contributed by atoms with E-state index in [9.17, 15) is 31.5 Å². The molecule has 0 aliphatic heterocycles. The summed E-state index contributed by atoms with van der Waals surface area (Å²) in [6.45, 7) is 1.58. The molecule has 2 rings (SSSR count). The number of esters is 1. The molecule has 1 amide bonds. The van der Waals surface area contributed by atoms with Gasteiger partial charge in [0.15, 0.2) is 0 Å². The number of alkyl halides is 5. The lowest BCUT2D eigenvalue weighted by atomic mass is 9.85. The number of carbonyl (C=O) groups excluding carboxylic acids is 2. The van der Waals surface area contributed by atoms with Crippen LogP contribution in [-0.2, 0) is 14.3 Å². The molecule has 0 radical (unpaired) electrons. The van der Waals surface area contributed by atoms with Gasteiger partial charge in [0.2, 0.25) is 11.8 Å². The van der Waals surface area contributed by atoms with Crippen LogP contribution in [0.3, 0.4) is 0 Å². The molecule has 192 valence electrons. The van der Waals surface area contributed by atoms with Crippen molar-refractivity contribution in [3.8, 4) is 0 Å². The van der Waals surface area contributed by atoms with E-state index < -0.39 is 48.1 Å². The van der Waals surface area contributed by atoms with Crippen molar-refractivity contribution >= 4 is 40.8 Å². The quantitative estimate of drug-likeness (QED) is 0.263. The molecule has 4 nitrogen and oxygen atoms in total. The summed E-state index contributed by atoms with van der Waals surface area (Å²) in [5.74, 6) is -9.53. The highest BCUT2D eigenvalue weighted by atomic mass is 35.5. The van der Waals surface area contributed by atoms with Crippen LogP contribution in [0.25, 0.3) is 0 Å². The van der Waals surface area contributed by atoms with Crippen molar-refractivity contribution in [2.24, 2.45) is 5.92 Å². The Morgan fingerprint density at radius 1 is 1.00 bits per heavy atom. The van der Waals surface area contributed by atoms with Gasteiger partial charge in [0.25, 0.3) is 0 Å². The number of methoxy groups -OCH3 is 1. The average Bonchev–Trinajstić information content (AvgIpc) is 2.74. The second-order valence-corrected chi connectivity index (χ2v) is 9.18. The molecular weight excluding hydrogens is 516 g/mol. The van der Waals surface area contributed by atoms with Crippen molar-refractivity contribution in [3.05, 3.63) is 63.6 Å². The van der Waals surface area contributed by atoms with Gasteiger partial charge in [0.1, 0.15) is 0 Å². The number of halogens is 7. The zero-order valence-electron chi connectivity index (χ0n) is 19.1. The Kier molecular flexibility index (Phi) is 9.53. The molecule has 11 heteroatoms. The Morgan fingerprint density at radius 3 is 2.09 bits per heavy atom. The van der Waals surface area contributed by atoms with Crippen molar-refractivity contribution in [2.75, 3.05) is 12.4 Å². The summed E-state index contributed by atoms with van der Waals surface area (Å²) in [7, 11) is 1.12. The summed E-state index contributed by atoms with van der Waals surface area (Å²) in [4.78, 5) is 24.8. The van der Waals surface area contributed by atoms with Crippen LogP contribution in [0.15, 0.2) is 42.5 Å².